The van der Waals surface area contributed by atoms with Crippen molar-refractivity contribution >= 4 is 23.3 Å². The van der Waals surface area contributed by atoms with Crippen LogP contribution in [0.4, 0.5) is 11.5 Å². The van der Waals surface area contributed by atoms with Crippen molar-refractivity contribution < 1.29 is 9.59 Å². The van der Waals surface area contributed by atoms with Crippen LogP contribution in [0.25, 0.3) is 0 Å². The number of nitrogens with one attached hydrogen (secondary N) is 2. The van der Waals surface area contributed by atoms with Gasteiger partial charge in [0.15, 0.2) is 5.82 Å². The number of hydrogen-bond donors (Lipinski definition) is 2. The van der Waals surface area contributed by atoms with Gasteiger partial charge in [0.2, 0.25) is 5.91 Å². The van der Waals surface area contributed by atoms with Crippen LogP contribution < -0.4 is 15.5 Å². The van der Waals surface area contributed by atoms with Gasteiger partial charge in [-0.2, -0.15) is 0 Å². The van der Waals surface area contributed by atoms with Crippen molar-refractivity contribution in [3.8, 4) is 0 Å². The number of benzene rings is 1. The number of nitrogens with zero attached hydrogens (tertiary/aromatic N) is 3. The minimum atomic E-state index is -0.239. The Labute approximate surface area is 181 Å². The van der Waals surface area contributed by atoms with E-state index >= 15 is 0 Å². The Kier molecular flexibility index (Phi) is 5.66. The van der Waals surface area contributed by atoms with Crippen LogP contribution >= 0.6 is 0 Å². The van der Waals surface area contributed by atoms with E-state index in [0.717, 1.165) is 11.3 Å². The lowest BCUT2D eigenvalue weighted by Crippen LogP contribution is -2.40. The molecule has 158 valence electrons. The summed E-state index contributed by atoms with van der Waals surface area (Å²) in [4.78, 5) is 35.8. The molecule has 0 bridgehead atoms. The summed E-state index contributed by atoms with van der Waals surface area (Å²) in [6, 6.07) is 13.3. The summed E-state index contributed by atoms with van der Waals surface area (Å²) in [6.07, 6.45) is 3.22. The van der Waals surface area contributed by atoms with E-state index in [0.29, 0.717) is 23.6 Å². The fourth-order valence-electron chi connectivity index (χ4n) is 3.53. The fourth-order valence-corrected chi connectivity index (χ4v) is 3.53. The number of amides is 2. The summed E-state index contributed by atoms with van der Waals surface area (Å²) in [5.74, 6) is 0.243. The lowest BCUT2D eigenvalue weighted by molar-refractivity contribution is -0.117. The number of aryl methyl sites for hydroxylation is 2. The number of carbonyl (C=O) groups excluding carboxylic acids is 2. The molecule has 4 rings (SSSR count). The van der Waals surface area contributed by atoms with Gasteiger partial charge in [-0.15, -0.1) is 0 Å². The maximum absolute atomic E-state index is 12.9. The summed E-state index contributed by atoms with van der Waals surface area (Å²) >= 11 is 0. The van der Waals surface area contributed by atoms with Gasteiger partial charge in [-0.25, -0.2) is 4.98 Å². The van der Waals surface area contributed by atoms with E-state index in [2.05, 4.69) is 46.6 Å². The number of pyridine rings is 2. The normalized spacial score (nSPS) is 13.9. The van der Waals surface area contributed by atoms with Gasteiger partial charge >= 0.3 is 0 Å². The Morgan fingerprint density at radius 2 is 2.00 bits per heavy atom. The van der Waals surface area contributed by atoms with Crippen LogP contribution in [-0.2, 0) is 11.3 Å². The van der Waals surface area contributed by atoms with Crippen molar-refractivity contribution in [1.29, 1.82) is 0 Å². The first kappa shape index (κ1) is 20.5. The van der Waals surface area contributed by atoms with Crippen LogP contribution in [0, 0.1) is 13.8 Å². The van der Waals surface area contributed by atoms with Crippen LogP contribution in [0.3, 0.4) is 0 Å². The molecule has 0 fully saturated rings. The van der Waals surface area contributed by atoms with E-state index in [9.17, 15) is 9.59 Å². The van der Waals surface area contributed by atoms with Crippen LogP contribution in [0.5, 0.6) is 0 Å². The second-order valence-corrected chi connectivity index (χ2v) is 7.79. The lowest BCUT2D eigenvalue weighted by atomic mass is 10.0. The molecule has 2 aromatic heterocycles. The Balaban J connectivity index is 1.56. The van der Waals surface area contributed by atoms with E-state index in [-0.39, 0.29) is 24.4 Å². The van der Waals surface area contributed by atoms with Crippen LogP contribution in [0.1, 0.15) is 45.7 Å². The topological polar surface area (TPSA) is 87.2 Å². The molecule has 7 nitrogen and oxygen atoms in total. The van der Waals surface area contributed by atoms with Crippen molar-refractivity contribution in [2.75, 3.05) is 16.8 Å². The molecule has 0 saturated carbocycles. The third-order valence-corrected chi connectivity index (χ3v) is 5.55. The maximum Gasteiger partial charge on any atom is 0.253 e. The number of carbonyl (C=O) groups is 2. The summed E-state index contributed by atoms with van der Waals surface area (Å²) in [5.41, 5.74) is 5.18. The van der Waals surface area contributed by atoms with Crippen LogP contribution in [0.15, 0.2) is 54.9 Å². The zero-order chi connectivity index (χ0) is 22.0. The van der Waals surface area contributed by atoms with E-state index in [1.165, 1.54) is 17.3 Å². The van der Waals surface area contributed by atoms with E-state index < -0.39 is 0 Å². The molecule has 3 aromatic rings. The number of hydrogen-bond acceptors (Lipinski definition) is 5. The lowest BCUT2D eigenvalue weighted by Gasteiger charge is -2.29. The minimum Gasteiger partial charge on any atom is -0.359 e. The van der Waals surface area contributed by atoms with Gasteiger partial charge in [0.25, 0.3) is 5.91 Å². The number of anilines is 2. The molecule has 1 atom stereocenters. The zero-order valence-corrected chi connectivity index (χ0v) is 17.8. The number of aromatic nitrogens is 2. The molecule has 7 heteroatoms. The molecular weight excluding hydrogens is 390 g/mol. The molecular formula is C24H25N5O2. The largest absolute Gasteiger partial charge is 0.359 e. The van der Waals surface area contributed by atoms with Gasteiger partial charge in [0.05, 0.1) is 36.1 Å². The molecule has 31 heavy (non-hydrogen) atoms. The Morgan fingerprint density at radius 3 is 2.74 bits per heavy atom. The van der Waals surface area contributed by atoms with Crippen molar-refractivity contribution in [3.05, 3.63) is 82.8 Å². The Morgan fingerprint density at radius 1 is 1.16 bits per heavy atom. The number of fused-ring (bicyclic) bond motifs is 1. The average molecular weight is 415 g/mol. The number of rotatable bonds is 5. The van der Waals surface area contributed by atoms with Crippen molar-refractivity contribution in [1.82, 2.24) is 15.3 Å². The third kappa shape index (κ3) is 4.40. The fraction of sp³-hybridized carbons (Fsp3) is 0.250. The third-order valence-electron chi connectivity index (χ3n) is 5.55. The van der Waals surface area contributed by atoms with Crippen molar-refractivity contribution in [3.63, 3.8) is 0 Å². The minimum absolute atomic E-state index is 0.0963. The first-order chi connectivity index (χ1) is 14.9. The molecule has 0 spiro atoms. The molecule has 0 aliphatic carbocycles. The predicted octanol–water partition coefficient (Wildman–Crippen LogP) is 3.54. The van der Waals surface area contributed by atoms with Gasteiger partial charge in [0.1, 0.15) is 0 Å². The molecule has 1 aliphatic rings. The smallest absolute Gasteiger partial charge is 0.253 e. The average Bonchev–Trinajstić information content (AvgIpc) is 2.78. The highest BCUT2D eigenvalue weighted by atomic mass is 16.2. The van der Waals surface area contributed by atoms with Gasteiger partial charge in [-0.3, -0.25) is 14.6 Å². The van der Waals surface area contributed by atoms with Gasteiger partial charge in [-0.05, 0) is 55.7 Å². The zero-order valence-electron chi connectivity index (χ0n) is 17.8. The molecule has 0 radical (unpaired) electrons. The molecule has 1 aromatic carbocycles. The maximum atomic E-state index is 12.9. The SMILES string of the molecule is Cc1ccc(C(C)NC(=O)c2cnc3c(c2)N(Cc2ccccn2)C(=O)CN3)cc1C. The molecule has 2 amide bonds. The summed E-state index contributed by atoms with van der Waals surface area (Å²) < 4.78 is 0. The standard InChI is InChI=1S/C24H25N5O2/c1-15-7-8-18(10-16(15)2)17(3)28-24(31)19-11-21-23(26-12-19)27-13-22(30)29(21)14-20-6-4-5-9-25-20/h4-12,17H,13-14H2,1-3H3,(H,26,27)(H,28,31). The van der Waals surface area contributed by atoms with E-state index in [1.807, 2.05) is 31.2 Å². The van der Waals surface area contributed by atoms with Gasteiger partial charge in [0, 0.05) is 12.4 Å². The van der Waals surface area contributed by atoms with Gasteiger partial charge in [-0.1, -0.05) is 24.3 Å². The molecule has 3 heterocycles. The first-order valence-electron chi connectivity index (χ1n) is 10.2. The predicted molar refractivity (Wildman–Crippen MR) is 120 cm³/mol. The summed E-state index contributed by atoms with van der Waals surface area (Å²) in [6.45, 7) is 6.54. The highest BCUT2D eigenvalue weighted by Crippen LogP contribution is 2.30. The van der Waals surface area contributed by atoms with Crippen molar-refractivity contribution in [2.24, 2.45) is 0 Å². The summed E-state index contributed by atoms with van der Waals surface area (Å²) in [7, 11) is 0. The second-order valence-electron chi connectivity index (χ2n) is 7.79. The monoisotopic (exact) mass is 415 g/mol. The van der Waals surface area contributed by atoms with E-state index in [1.54, 1.807) is 17.2 Å². The molecule has 0 saturated heterocycles. The summed E-state index contributed by atoms with van der Waals surface area (Å²) in [5, 5.41) is 6.04. The van der Waals surface area contributed by atoms with E-state index in [4.69, 9.17) is 0 Å². The van der Waals surface area contributed by atoms with Crippen molar-refractivity contribution in [2.45, 2.75) is 33.4 Å². The highest BCUT2D eigenvalue weighted by Gasteiger charge is 2.27. The molecule has 2 N–H and O–H groups in total. The quantitative estimate of drug-likeness (QED) is 0.666. The Bertz CT molecular complexity index is 1130. The molecule has 1 aliphatic heterocycles. The molecule has 1 unspecified atom stereocenters. The van der Waals surface area contributed by atoms with Crippen LogP contribution in [-0.4, -0.2) is 28.3 Å². The highest BCUT2D eigenvalue weighted by molar-refractivity contribution is 6.04. The van der Waals surface area contributed by atoms with Gasteiger partial charge < -0.3 is 15.5 Å². The van der Waals surface area contributed by atoms with Crippen LogP contribution in [0.2, 0.25) is 0 Å². The Hall–Kier alpha value is -3.74. The first-order valence-corrected chi connectivity index (χ1v) is 10.2. The second kappa shape index (κ2) is 8.55.